The zero-order chi connectivity index (χ0) is 11.3. The summed E-state index contributed by atoms with van der Waals surface area (Å²) >= 11 is 4.04. The second kappa shape index (κ2) is 3.72. The van der Waals surface area contributed by atoms with Crippen LogP contribution in [-0.4, -0.2) is 18.3 Å². The van der Waals surface area contributed by atoms with Crippen molar-refractivity contribution in [1.82, 2.24) is 0 Å². The first kappa shape index (κ1) is 11.9. The molecule has 2 heterocycles. The SMILES string of the molecule is CC1(C)OB(c2ccc(I)s2)OC1(C)C. The number of thiophene rings is 1. The number of hydrogen-bond acceptors (Lipinski definition) is 3. The maximum absolute atomic E-state index is 5.95. The van der Waals surface area contributed by atoms with Gasteiger partial charge in [-0.1, -0.05) is 6.07 Å². The van der Waals surface area contributed by atoms with Crippen molar-refractivity contribution >= 4 is 45.8 Å². The summed E-state index contributed by atoms with van der Waals surface area (Å²) in [4.78, 5) is 0. The molecule has 1 aliphatic heterocycles. The zero-order valence-corrected chi connectivity index (χ0v) is 12.3. The van der Waals surface area contributed by atoms with E-state index in [0.717, 1.165) is 4.78 Å². The van der Waals surface area contributed by atoms with E-state index in [1.807, 2.05) is 0 Å². The maximum atomic E-state index is 5.95. The molecule has 0 N–H and O–H groups in total. The van der Waals surface area contributed by atoms with Gasteiger partial charge in [0.05, 0.1) is 14.1 Å². The van der Waals surface area contributed by atoms with Gasteiger partial charge < -0.3 is 9.31 Å². The molecule has 15 heavy (non-hydrogen) atoms. The molecule has 0 atom stereocenters. The Labute approximate surface area is 109 Å². The van der Waals surface area contributed by atoms with E-state index in [1.165, 1.54) is 2.88 Å². The minimum absolute atomic E-state index is 0.205. The largest absolute Gasteiger partial charge is 0.505 e. The fraction of sp³-hybridized carbons (Fsp3) is 0.600. The van der Waals surface area contributed by atoms with Crippen LogP contribution >= 0.6 is 33.9 Å². The normalized spacial score (nSPS) is 23.4. The van der Waals surface area contributed by atoms with Crippen LogP contribution in [0.4, 0.5) is 0 Å². The Morgan fingerprint density at radius 1 is 1.13 bits per heavy atom. The summed E-state index contributed by atoms with van der Waals surface area (Å²) < 4.78 is 14.3. The summed E-state index contributed by atoms with van der Waals surface area (Å²) in [6.07, 6.45) is 0. The van der Waals surface area contributed by atoms with Crippen LogP contribution < -0.4 is 4.78 Å². The Bertz CT molecular complexity index is 359. The third kappa shape index (κ3) is 2.11. The average molecular weight is 336 g/mol. The highest BCUT2D eigenvalue weighted by Crippen LogP contribution is 2.36. The van der Waals surface area contributed by atoms with E-state index >= 15 is 0 Å². The molecular formula is C10H14BIO2S. The lowest BCUT2D eigenvalue weighted by Crippen LogP contribution is -2.41. The van der Waals surface area contributed by atoms with E-state index in [4.69, 9.17) is 9.31 Å². The fourth-order valence-corrected chi connectivity index (χ4v) is 3.05. The summed E-state index contributed by atoms with van der Waals surface area (Å²) in [5, 5.41) is 0. The molecule has 1 fully saturated rings. The summed E-state index contributed by atoms with van der Waals surface area (Å²) in [5.41, 5.74) is -0.486. The second-order valence-electron chi connectivity index (χ2n) is 4.73. The van der Waals surface area contributed by atoms with Gasteiger partial charge in [0.15, 0.2) is 0 Å². The first-order valence-corrected chi connectivity index (χ1v) is 6.82. The van der Waals surface area contributed by atoms with Crippen molar-refractivity contribution < 1.29 is 9.31 Å². The lowest BCUT2D eigenvalue weighted by molar-refractivity contribution is 0.00578. The average Bonchev–Trinajstić information content (AvgIpc) is 2.56. The quantitative estimate of drug-likeness (QED) is 0.580. The van der Waals surface area contributed by atoms with Gasteiger partial charge in [0.2, 0.25) is 0 Å². The molecule has 1 aliphatic rings. The summed E-state index contributed by atoms with van der Waals surface area (Å²) in [7, 11) is -0.205. The van der Waals surface area contributed by atoms with Crippen molar-refractivity contribution in [2.75, 3.05) is 0 Å². The third-order valence-corrected chi connectivity index (χ3v) is 5.00. The van der Waals surface area contributed by atoms with Crippen LogP contribution in [0.1, 0.15) is 27.7 Å². The number of rotatable bonds is 1. The molecule has 0 radical (unpaired) electrons. The summed E-state index contributed by atoms with van der Waals surface area (Å²) in [6, 6.07) is 4.17. The molecule has 0 saturated carbocycles. The van der Waals surface area contributed by atoms with Crippen LogP contribution in [-0.2, 0) is 9.31 Å². The Morgan fingerprint density at radius 3 is 2.07 bits per heavy atom. The monoisotopic (exact) mass is 336 g/mol. The fourth-order valence-electron chi connectivity index (χ4n) is 1.41. The first-order chi connectivity index (χ1) is 6.82. The van der Waals surface area contributed by atoms with Crippen LogP contribution in [0.5, 0.6) is 0 Å². The molecule has 1 aromatic rings. The van der Waals surface area contributed by atoms with Gasteiger partial charge in [-0.05, 0) is 56.4 Å². The summed E-state index contributed by atoms with van der Waals surface area (Å²) in [6.45, 7) is 8.30. The van der Waals surface area contributed by atoms with Gasteiger partial charge in [0, 0.05) is 4.78 Å². The Balaban J connectivity index is 2.23. The molecule has 1 saturated heterocycles. The predicted octanol–water partition coefficient (Wildman–Crippen LogP) is 2.65. The highest BCUT2D eigenvalue weighted by molar-refractivity contribution is 14.1. The van der Waals surface area contributed by atoms with Crippen LogP contribution in [0.3, 0.4) is 0 Å². The van der Waals surface area contributed by atoms with Crippen molar-refractivity contribution in [1.29, 1.82) is 0 Å². The van der Waals surface area contributed by atoms with E-state index in [0.29, 0.717) is 0 Å². The van der Waals surface area contributed by atoms with Crippen LogP contribution in [0.15, 0.2) is 12.1 Å². The zero-order valence-electron chi connectivity index (χ0n) is 9.33. The van der Waals surface area contributed by atoms with Crippen molar-refractivity contribution in [2.24, 2.45) is 0 Å². The van der Waals surface area contributed by atoms with E-state index in [9.17, 15) is 0 Å². The Kier molecular flexibility index (Phi) is 2.95. The van der Waals surface area contributed by atoms with Gasteiger partial charge in [-0.15, -0.1) is 11.3 Å². The first-order valence-electron chi connectivity index (χ1n) is 4.93. The molecule has 0 aromatic carbocycles. The maximum Gasteiger partial charge on any atom is 0.505 e. The molecular weight excluding hydrogens is 322 g/mol. The smallest absolute Gasteiger partial charge is 0.399 e. The van der Waals surface area contributed by atoms with Gasteiger partial charge in [0.25, 0.3) is 0 Å². The van der Waals surface area contributed by atoms with Gasteiger partial charge in [-0.3, -0.25) is 0 Å². The number of hydrogen-bond donors (Lipinski definition) is 0. The van der Waals surface area contributed by atoms with E-state index < -0.39 is 0 Å². The highest BCUT2D eigenvalue weighted by atomic mass is 127. The molecule has 1 aromatic heterocycles. The van der Waals surface area contributed by atoms with Gasteiger partial charge in [0.1, 0.15) is 0 Å². The third-order valence-electron chi connectivity index (χ3n) is 3.08. The molecule has 2 rings (SSSR count). The Hall–Kier alpha value is 0.415. The molecule has 0 unspecified atom stereocenters. The molecule has 0 aliphatic carbocycles. The molecule has 0 spiro atoms. The van der Waals surface area contributed by atoms with E-state index in [-0.39, 0.29) is 18.3 Å². The second-order valence-corrected chi connectivity index (χ2v) is 7.74. The lowest BCUT2D eigenvalue weighted by atomic mass is 9.88. The molecule has 0 bridgehead atoms. The molecule has 5 heteroatoms. The van der Waals surface area contributed by atoms with Crippen molar-refractivity contribution in [3.8, 4) is 0 Å². The molecule has 82 valence electrons. The topological polar surface area (TPSA) is 18.5 Å². The Morgan fingerprint density at radius 2 is 1.67 bits per heavy atom. The lowest BCUT2D eigenvalue weighted by Gasteiger charge is -2.32. The van der Waals surface area contributed by atoms with Crippen molar-refractivity contribution in [3.05, 3.63) is 15.0 Å². The number of halogens is 1. The molecule has 0 amide bonds. The van der Waals surface area contributed by atoms with E-state index in [1.54, 1.807) is 11.3 Å². The minimum Gasteiger partial charge on any atom is -0.399 e. The van der Waals surface area contributed by atoms with Crippen LogP contribution in [0.2, 0.25) is 0 Å². The van der Waals surface area contributed by atoms with Crippen LogP contribution in [0.25, 0.3) is 0 Å². The van der Waals surface area contributed by atoms with Crippen LogP contribution in [0, 0.1) is 2.88 Å². The molecule has 2 nitrogen and oxygen atoms in total. The van der Waals surface area contributed by atoms with E-state index in [2.05, 4.69) is 62.4 Å². The van der Waals surface area contributed by atoms with Crippen molar-refractivity contribution in [2.45, 2.75) is 38.9 Å². The minimum atomic E-state index is -0.243. The van der Waals surface area contributed by atoms with Gasteiger partial charge >= 0.3 is 7.12 Å². The summed E-state index contributed by atoms with van der Waals surface area (Å²) in [5.74, 6) is 0. The predicted molar refractivity (Wildman–Crippen MR) is 72.8 cm³/mol. The van der Waals surface area contributed by atoms with Gasteiger partial charge in [-0.25, -0.2) is 0 Å². The van der Waals surface area contributed by atoms with Gasteiger partial charge in [-0.2, -0.15) is 0 Å². The standard InChI is InChI=1S/C10H14BIO2S/c1-9(2)10(3,4)14-11(13-9)7-5-6-8(12)15-7/h5-6H,1-4H3. The highest BCUT2D eigenvalue weighted by Gasteiger charge is 2.52. The van der Waals surface area contributed by atoms with Crippen molar-refractivity contribution in [3.63, 3.8) is 0 Å².